The first-order valence-electron chi connectivity index (χ1n) is 8.42. The van der Waals surface area contributed by atoms with E-state index in [1.807, 2.05) is 20.8 Å². The molecule has 6 heteroatoms. The minimum atomic E-state index is -0.807. The molecule has 1 aromatic carbocycles. The van der Waals surface area contributed by atoms with Crippen LogP contribution in [0.25, 0.3) is 0 Å². The number of benzene rings is 1. The van der Waals surface area contributed by atoms with E-state index in [2.05, 4.69) is 10.6 Å². The second-order valence-corrected chi connectivity index (χ2v) is 8.18. The molecular weight excluding hydrogens is 320 g/mol. The molecule has 25 heavy (non-hydrogen) atoms. The third-order valence-corrected chi connectivity index (χ3v) is 5.54. The number of piperidine rings is 1. The largest absolute Gasteiger partial charge is 0.497 e. The minimum absolute atomic E-state index is 0.180. The molecule has 1 aliphatic carbocycles. The maximum absolute atomic E-state index is 13.0. The summed E-state index contributed by atoms with van der Waals surface area (Å²) in [6.07, 6.45) is 1.29. The zero-order valence-electron chi connectivity index (χ0n) is 15.1. The van der Waals surface area contributed by atoms with E-state index >= 15 is 0 Å². The van der Waals surface area contributed by atoms with Crippen molar-refractivity contribution in [1.82, 2.24) is 5.32 Å². The predicted molar refractivity (Wildman–Crippen MR) is 92.9 cm³/mol. The summed E-state index contributed by atoms with van der Waals surface area (Å²) in [5.41, 5.74) is -1.62. The van der Waals surface area contributed by atoms with Crippen LogP contribution < -0.4 is 15.4 Å². The number of hydrogen-bond acceptors (Lipinski definition) is 4. The molecule has 3 rings (SSSR count). The molecule has 0 spiro atoms. The topological polar surface area (TPSA) is 84.5 Å². The zero-order valence-corrected chi connectivity index (χ0v) is 15.1. The lowest BCUT2D eigenvalue weighted by Crippen LogP contribution is -2.63. The van der Waals surface area contributed by atoms with Crippen molar-refractivity contribution >= 4 is 23.4 Å². The van der Waals surface area contributed by atoms with Crippen molar-refractivity contribution in [3.05, 3.63) is 24.3 Å². The highest BCUT2D eigenvalue weighted by Gasteiger charge is 2.60. The Balaban J connectivity index is 1.88. The van der Waals surface area contributed by atoms with Crippen LogP contribution in [-0.4, -0.2) is 24.8 Å². The summed E-state index contributed by atoms with van der Waals surface area (Å²) in [7, 11) is 1.57. The van der Waals surface area contributed by atoms with Crippen LogP contribution in [0.4, 0.5) is 5.69 Å². The summed E-state index contributed by atoms with van der Waals surface area (Å²) >= 11 is 0. The minimum Gasteiger partial charge on any atom is -0.497 e. The van der Waals surface area contributed by atoms with Crippen LogP contribution in [0.2, 0.25) is 0 Å². The van der Waals surface area contributed by atoms with E-state index in [0.29, 0.717) is 30.7 Å². The number of hydrogen-bond donors (Lipinski definition) is 2. The summed E-state index contributed by atoms with van der Waals surface area (Å²) in [4.78, 5) is 37.7. The van der Waals surface area contributed by atoms with Crippen LogP contribution in [0.15, 0.2) is 24.3 Å². The van der Waals surface area contributed by atoms with E-state index in [4.69, 9.17) is 4.74 Å². The fourth-order valence-corrected chi connectivity index (χ4v) is 4.64. The predicted octanol–water partition coefficient (Wildman–Crippen LogP) is 2.49. The molecule has 2 unspecified atom stereocenters. The average Bonchev–Trinajstić information content (AvgIpc) is 2.52. The van der Waals surface area contributed by atoms with E-state index < -0.39 is 16.2 Å². The number of nitrogens with one attached hydrogen (secondary N) is 2. The third-order valence-electron chi connectivity index (χ3n) is 5.54. The van der Waals surface area contributed by atoms with E-state index in [1.54, 1.807) is 31.4 Å². The average molecular weight is 344 g/mol. The zero-order chi connectivity index (χ0) is 18.5. The van der Waals surface area contributed by atoms with Gasteiger partial charge in [0, 0.05) is 28.0 Å². The fraction of sp³-hybridized carbons (Fsp3) is 0.526. The van der Waals surface area contributed by atoms with Crippen molar-refractivity contribution in [2.75, 3.05) is 12.4 Å². The molecule has 6 nitrogen and oxygen atoms in total. The van der Waals surface area contributed by atoms with Crippen molar-refractivity contribution in [2.45, 2.75) is 40.0 Å². The van der Waals surface area contributed by atoms with Gasteiger partial charge in [-0.05, 0) is 31.4 Å². The molecule has 1 saturated heterocycles. The lowest BCUT2D eigenvalue weighted by Gasteiger charge is -2.53. The second-order valence-electron chi connectivity index (χ2n) is 8.18. The Morgan fingerprint density at radius 1 is 1.08 bits per heavy atom. The van der Waals surface area contributed by atoms with Gasteiger partial charge in [-0.3, -0.25) is 19.7 Å². The summed E-state index contributed by atoms with van der Waals surface area (Å²) in [5, 5.41) is 5.40. The standard InChI is InChI=1S/C19H24N2O4/c1-17(14(22)20-12-6-5-7-13(8-12)25-4)9-18(2)11-19(3,10-17)16(24)21-15(18)23/h5-8H,9-11H2,1-4H3,(H,20,22)(H,21,23,24). The molecule has 134 valence electrons. The van der Waals surface area contributed by atoms with Gasteiger partial charge in [0.15, 0.2) is 0 Å². The van der Waals surface area contributed by atoms with Crippen LogP contribution >= 0.6 is 0 Å². The van der Waals surface area contributed by atoms with Gasteiger partial charge in [-0.15, -0.1) is 0 Å². The number of anilines is 1. The Morgan fingerprint density at radius 2 is 1.68 bits per heavy atom. The SMILES string of the molecule is COc1cccc(NC(=O)C2(C)CC3(C)CC(C)(C2)C(=O)NC3=O)c1. The maximum Gasteiger partial charge on any atom is 0.232 e. The quantitative estimate of drug-likeness (QED) is 0.825. The number of methoxy groups -OCH3 is 1. The monoisotopic (exact) mass is 344 g/mol. The van der Waals surface area contributed by atoms with Gasteiger partial charge in [0.1, 0.15) is 5.75 Å². The molecule has 1 saturated carbocycles. The smallest absolute Gasteiger partial charge is 0.232 e. The van der Waals surface area contributed by atoms with Gasteiger partial charge in [-0.25, -0.2) is 0 Å². The Kier molecular flexibility index (Phi) is 3.89. The molecule has 1 heterocycles. The molecule has 2 atom stereocenters. The Bertz CT molecular complexity index is 732. The summed E-state index contributed by atoms with van der Waals surface area (Å²) in [6.45, 7) is 5.51. The number of carbonyl (C=O) groups is 3. The summed E-state index contributed by atoms with van der Waals surface area (Å²) < 4.78 is 5.18. The van der Waals surface area contributed by atoms with Gasteiger partial charge in [0.25, 0.3) is 0 Å². The second kappa shape index (κ2) is 5.58. The first kappa shape index (κ1) is 17.5. The van der Waals surface area contributed by atoms with Crippen molar-refractivity contribution in [1.29, 1.82) is 0 Å². The van der Waals surface area contributed by atoms with Gasteiger partial charge in [-0.2, -0.15) is 0 Å². The molecule has 2 bridgehead atoms. The maximum atomic E-state index is 13.0. The molecule has 2 fully saturated rings. The first-order valence-corrected chi connectivity index (χ1v) is 8.42. The Morgan fingerprint density at radius 3 is 2.24 bits per heavy atom. The molecule has 0 radical (unpaired) electrons. The Labute approximate surface area is 147 Å². The fourth-order valence-electron chi connectivity index (χ4n) is 4.64. The van der Waals surface area contributed by atoms with Gasteiger partial charge in [-0.1, -0.05) is 26.8 Å². The number of ether oxygens (including phenoxy) is 1. The lowest BCUT2D eigenvalue weighted by atomic mass is 9.52. The van der Waals surface area contributed by atoms with Gasteiger partial charge in [0.05, 0.1) is 7.11 Å². The van der Waals surface area contributed by atoms with E-state index in [-0.39, 0.29) is 17.7 Å². The van der Waals surface area contributed by atoms with Crippen LogP contribution in [0.3, 0.4) is 0 Å². The van der Waals surface area contributed by atoms with Crippen LogP contribution in [-0.2, 0) is 14.4 Å². The summed E-state index contributed by atoms with van der Waals surface area (Å²) in [6, 6.07) is 7.13. The van der Waals surface area contributed by atoms with Crippen molar-refractivity contribution < 1.29 is 19.1 Å². The number of carbonyl (C=O) groups excluding carboxylic acids is 3. The van der Waals surface area contributed by atoms with Crippen LogP contribution in [0, 0.1) is 16.2 Å². The number of rotatable bonds is 3. The van der Waals surface area contributed by atoms with Crippen LogP contribution in [0.1, 0.15) is 40.0 Å². The molecule has 1 aromatic rings. The van der Waals surface area contributed by atoms with Gasteiger partial charge >= 0.3 is 0 Å². The Hall–Kier alpha value is -2.37. The molecule has 3 amide bonds. The molecule has 2 N–H and O–H groups in total. The first-order chi connectivity index (χ1) is 11.6. The number of fused-ring (bicyclic) bond motifs is 2. The van der Waals surface area contributed by atoms with Gasteiger partial charge < -0.3 is 10.1 Å². The van der Waals surface area contributed by atoms with Crippen molar-refractivity contribution in [3.8, 4) is 5.75 Å². The van der Waals surface area contributed by atoms with E-state index in [0.717, 1.165) is 0 Å². The number of imide groups is 1. The van der Waals surface area contributed by atoms with Crippen molar-refractivity contribution in [3.63, 3.8) is 0 Å². The summed E-state index contributed by atoms with van der Waals surface area (Å²) in [5.74, 6) is -0.0949. The highest BCUT2D eigenvalue weighted by atomic mass is 16.5. The highest BCUT2D eigenvalue weighted by molar-refractivity contribution is 6.05. The van der Waals surface area contributed by atoms with E-state index in [9.17, 15) is 14.4 Å². The van der Waals surface area contributed by atoms with Crippen molar-refractivity contribution in [2.24, 2.45) is 16.2 Å². The highest BCUT2D eigenvalue weighted by Crippen LogP contribution is 2.56. The van der Waals surface area contributed by atoms with E-state index in [1.165, 1.54) is 0 Å². The van der Waals surface area contributed by atoms with Crippen LogP contribution in [0.5, 0.6) is 5.75 Å². The number of amides is 3. The van der Waals surface area contributed by atoms with Gasteiger partial charge in [0.2, 0.25) is 17.7 Å². The molecule has 1 aliphatic heterocycles. The molecule has 0 aromatic heterocycles. The normalized spacial score (nSPS) is 34.2. The molecule has 2 aliphatic rings. The third kappa shape index (κ3) is 2.90. The molecular formula is C19H24N2O4. The lowest BCUT2D eigenvalue weighted by molar-refractivity contribution is -0.163.